The first-order valence-electron chi connectivity index (χ1n) is 8.43. The molecule has 2 aromatic rings. The standard InChI is InChI=1S/C19H17F3N4O2/c1-10(14-7-4-12(21)8-15(14)22)24-19(28)16-9-17(18(23)27)26(25-16)13-5-2-11(20)3-6-13/h2-8,10,17H,9H2,1H3,(H2,23,27)(H,24,28)/t10-,17-/m1/s1. The summed E-state index contributed by atoms with van der Waals surface area (Å²) in [6.45, 7) is 1.53. The summed E-state index contributed by atoms with van der Waals surface area (Å²) in [7, 11) is 0. The van der Waals surface area contributed by atoms with Gasteiger partial charge in [0, 0.05) is 18.1 Å². The third-order valence-corrected chi connectivity index (χ3v) is 4.37. The number of carbonyl (C=O) groups excluding carboxylic acids is 2. The number of amides is 2. The highest BCUT2D eigenvalue weighted by Crippen LogP contribution is 2.25. The van der Waals surface area contributed by atoms with Gasteiger partial charge in [0.05, 0.1) is 11.7 Å². The van der Waals surface area contributed by atoms with Crippen LogP contribution in [0.5, 0.6) is 0 Å². The van der Waals surface area contributed by atoms with Crippen molar-refractivity contribution < 1.29 is 22.8 Å². The Morgan fingerprint density at radius 3 is 2.39 bits per heavy atom. The Morgan fingerprint density at radius 1 is 1.14 bits per heavy atom. The highest BCUT2D eigenvalue weighted by molar-refractivity contribution is 6.40. The quantitative estimate of drug-likeness (QED) is 0.822. The predicted octanol–water partition coefficient (Wildman–Crippen LogP) is 2.40. The Bertz CT molecular complexity index is 947. The Kier molecular flexibility index (Phi) is 5.34. The van der Waals surface area contributed by atoms with Crippen molar-refractivity contribution in [2.75, 3.05) is 5.01 Å². The molecule has 2 amide bonds. The van der Waals surface area contributed by atoms with E-state index in [2.05, 4.69) is 10.4 Å². The minimum atomic E-state index is -0.913. The summed E-state index contributed by atoms with van der Waals surface area (Å²) in [4.78, 5) is 24.3. The number of benzene rings is 2. The summed E-state index contributed by atoms with van der Waals surface area (Å²) in [5, 5.41) is 7.95. The van der Waals surface area contributed by atoms with Crippen LogP contribution >= 0.6 is 0 Å². The molecule has 0 aromatic heterocycles. The number of primary amides is 1. The van der Waals surface area contributed by atoms with Crippen molar-refractivity contribution in [1.29, 1.82) is 0 Å². The molecule has 0 bridgehead atoms. The molecule has 0 saturated carbocycles. The van der Waals surface area contributed by atoms with Crippen molar-refractivity contribution in [3.8, 4) is 0 Å². The van der Waals surface area contributed by atoms with E-state index in [1.54, 1.807) is 0 Å². The van der Waals surface area contributed by atoms with E-state index in [9.17, 15) is 22.8 Å². The average molecular weight is 390 g/mol. The van der Waals surface area contributed by atoms with E-state index in [1.165, 1.54) is 42.3 Å². The molecule has 1 aliphatic rings. The van der Waals surface area contributed by atoms with Crippen molar-refractivity contribution >= 4 is 23.2 Å². The van der Waals surface area contributed by atoms with Gasteiger partial charge < -0.3 is 11.1 Å². The second kappa shape index (κ2) is 7.71. The number of carbonyl (C=O) groups is 2. The first-order valence-corrected chi connectivity index (χ1v) is 8.43. The van der Waals surface area contributed by atoms with Gasteiger partial charge in [0.25, 0.3) is 5.91 Å². The molecule has 3 rings (SSSR count). The molecule has 0 saturated heterocycles. The molecular formula is C19H17F3N4O2. The van der Waals surface area contributed by atoms with Gasteiger partial charge in [-0.3, -0.25) is 14.6 Å². The lowest BCUT2D eigenvalue weighted by molar-refractivity contribution is -0.119. The van der Waals surface area contributed by atoms with Gasteiger partial charge in [0.1, 0.15) is 29.2 Å². The van der Waals surface area contributed by atoms with Gasteiger partial charge in [-0.2, -0.15) is 5.10 Å². The smallest absolute Gasteiger partial charge is 0.268 e. The summed E-state index contributed by atoms with van der Waals surface area (Å²) in [5.74, 6) is -3.29. The van der Waals surface area contributed by atoms with Crippen LogP contribution in [0.1, 0.15) is 24.9 Å². The van der Waals surface area contributed by atoms with Crippen LogP contribution in [-0.2, 0) is 9.59 Å². The second-order valence-corrected chi connectivity index (χ2v) is 6.35. The van der Waals surface area contributed by atoms with Crippen LogP contribution in [0.4, 0.5) is 18.9 Å². The fourth-order valence-electron chi connectivity index (χ4n) is 2.91. The Labute approximate surface area is 158 Å². The van der Waals surface area contributed by atoms with E-state index in [0.717, 1.165) is 12.1 Å². The molecule has 3 N–H and O–H groups in total. The van der Waals surface area contributed by atoms with Gasteiger partial charge in [0.2, 0.25) is 5.91 Å². The normalized spacial score (nSPS) is 17.2. The van der Waals surface area contributed by atoms with Gasteiger partial charge in [-0.05, 0) is 37.3 Å². The lowest BCUT2D eigenvalue weighted by Gasteiger charge is -2.20. The fraction of sp³-hybridized carbons (Fsp3) is 0.211. The lowest BCUT2D eigenvalue weighted by Crippen LogP contribution is -2.40. The van der Waals surface area contributed by atoms with Crippen LogP contribution in [-0.4, -0.2) is 23.6 Å². The van der Waals surface area contributed by atoms with E-state index in [4.69, 9.17) is 5.73 Å². The monoisotopic (exact) mass is 390 g/mol. The van der Waals surface area contributed by atoms with Crippen molar-refractivity contribution in [1.82, 2.24) is 5.32 Å². The highest BCUT2D eigenvalue weighted by Gasteiger charge is 2.35. The molecule has 0 aliphatic carbocycles. The topological polar surface area (TPSA) is 87.8 Å². The minimum absolute atomic E-state index is 0.0162. The minimum Gasteiger partial charge on any atom is -0.368 e. The van der Waals surface area contributed by atoms with Crippen LogP contribution in [0.3, 0.4) is 0 Å². The number of hydrogen-bond donors (Lipinski definition) is 2. The van der Waals surface area contributed by atoms with Crippen molar-refractivity contribution in [3.05, 3.63) is 65.5 Å². The zero-order valence-electron chi connectivity index (χ0n) is 14.8. The van der Waals surface area contributed by atoms with Gasteiger partial charge in [0.15, 0.2) is 0 Å². The van der Waals surface area contributed by atoms with E-state index < -0.39 is 41.3 Å². The van der Waals surface area contributed by atoms with Crippen LogP contribution in [0.25, 0.3) is 0 Å². The first kappa shape index (κ1) is 19.4. The first-order chi connectivity index (χ1) is 13.3. The summed E-state index contributed by atoms with van der Waals surface area (Å²) < 4.78 is 40.1. The molecule has 0 spiro atoms. The maximum absolute atomic E-state index is 13.9. The molecule has 1 aliphatic heterocycles. The lowest BCUT2D eigenvalue weighted by atomic mass is 10.1. The van der Waals surface area contributed by atoms with Crippen LogP contribution in [0.2, 0.25) is 0 Å². The predicted molar refractivity (Wildman–Crippen MR) is 96.8 cm³/mol. The number of nitrogens with two attached hydrogens (primary N) is 1. The third kappa shape index (κ3) is 3.98. The number of hydrazone groups is 1. The Hall–Kier alpha value is -3.36. The Morgan fingerprint density at radius 2 is 1.79 bits per heavy atom. The fourth-order valence-corrected chi connectivity index (χ4v) is 2.91. The molecule has 0 unspecified atom stereocenters. The van der Waals surface area contributed by atoms with E-state index in [0.29, 0.717) is 5.69 Å². The summed E-state index contributed by atoms with van der Waals surface area (Å²) in [6.07, 6.45) is -0.0584. The van der Waals surface area contributed by atoms with Gasteiger partial charge in [-0.1, -0.05) is 6.07 Å². The largest absolute Gasteiger partial charge is 0.368 e. The number of nitrogens with one attached hydrogen (secondary N) is 1. The molecule has 146 valence electrons. The molecule has 0 fully saturated rings. The van der Waals surface area contributed by atoms with Gasteiger partial charge in [-0.25, -0.2) is 13.2 Å². The van der Waals surface area contributed by atoms with Crippen molar-refractivity contribution in [2.45, 2.75) is 25.4 Å². The number of rotatable bonds is 5. The SMILES string of the molecule is C[C@@H](NC(=O)C1=NN(c2ccc(F)cc2)[C@@H](C(N)=O)C1)c1ccc(F)cc1F. The number of nitrogens with zero attached hydrogens (tertiary/aromatic N) is 2. The molecule has 6 nitrogen and oxygen atoms in total. The van der Waals surface area contributed by atoms with Gasteiger partial charge >= 0.3 is 0 Å². The van der Waals surface area contributed by atoms with Crippen LogP contribution < -0.4 is 16.1 Å². The molecular weight excluding hydrogens is 373 g/mol. The average Bonchev–Trinajstić information content (AvgIpc) is 3.08. The molecule has 1 heterocycles. The summed E-state index contributed by atoms with van der Waals surface area (Å²) in [6, 6.07) is 6.59. The van der Waals surface area contributed by atoms with E-state index in [1.807, 2.05) is 0 Å². The van der Waals surface area contributed by atoms with Crippen LogP contribution in [0.15, 0.2) is 47.6 Å². The maximum atomic E-state index is 13.9. The highest BCUT2D eigenvalue weighted by atomic mass is 19.1. The molecule has 2 atom stereocenters. The summed E-state index contributed by atoms with van der Waals surface area (Å²) in [5.41, 5.74) is 5.92. The van der Waals surface area contributed by atoms with E-state index in [-0.39, 0.29) is 17.7 Å². The van der Waals surface area contributed by atoms with Crippen LogP contribution in [0, 0.1) is 17.5 Å². The molecule has 0 radical (unpaired) electrons. The number of halogens is 3. The molecule has 2 aromatic carbocycles. The number of hydrogen-bond acceptors (Lipinski definition) is 4. The van der Waals surface area contributed by atoms with E-state index >= 15 is 0 Å². The zero-order valence-corrected chi connectivity index (χ0v) is 14.8. The van der Waals surface area contributed by atoms with Crippen molar-refractivity contribution in [3.63, 3.8) is 0 Å². The second-order valence-electron chi connectivity index (χ2n) is 6.35. The van der Waals surface area contributed by atoms with Gasteiger partial charge in [-0.15, -0.1) is 0 Å². The maximum Gasteiger partial charge on any atom is 0.268 e. The molecule has 9 heteroatoms. The Balaban J connectivity index is 1.79. The number of anilines is 1. The summed E-state index contributed by atoms with van der Waals surface area (Å²) >= 11 is 0. The third-order valence-electron chi connectivity index (χ3n) is 4.37. The molecule has 28 heavy (non-hydrogen) atoms. The van der Waals surface area contributed by atoms with Crippen molar-refractivity contribution in [2.24, 2.45) is 10.8 Å². The zero-order chi connectivity index (χ0) is 20.4.